The van der Waals surface area contributed by atoms with Gasteiger partial charge in [-0.1, -0.05) is 30.4 Å². The summed E-state index contributed by atoms with van der Waals surface area (Å²) in [5, 5.41) is 11.0. The Hall–Kier alpha value is -3.48. The lowest BCUT2D eigenvalue weighted by molar-refractivity contribution is -0.385. The lowest BCUT2D eigenvalue weighted by atomic mass is 10.1. The SMILES string of the molecule is O=C(C=CC=Cc1ccccc1[N+](=O)[O-])N1CCN(c2ccccn2)CC1. The van der Waals surface area contributed by atoms with Crippen LogP contribution in [-0.2, 0) is 4.79 Å². The molecule has 1 saturated heterocycles. The Morgan fingerprint density at radius 3 is 2.48 bits per heavy atom. The van der Waals surface area contributed by atoms with Crippen molar-refractivity contribution in [2.45, 2.75) is 0 Å². The molecule has 1 aliphatic rings. The number of amides is 1. The largest absolute Gasteiger partial charge is 0.353 e. The zero-order valence-corrected chi connectivity index (χ0v) is 14.8. The van der Waals surface area contributed by atoms with Crippen LogP contribution in [0.2, 0.25) is 0 Å². The third-order valence-electron chi connectivity index (χ3n) is 4.32. The first-order chi connectivity index (χ1) is 13.1. The van der Waals surface area contributed by atoms with E-state index in [1.54, 1.807) is 47.5 Å². The molecule has 0 N–H and O–H groups in total. The molecule has 0 spiro atoms. The van der Waals surface area contributed by atoms with Crippen LogP contribution in [0.4, 0.5) is 11.5 Å². The van der Waals surface area contributed by atoms with Crippen LogP contribution in [-0.4, -0.2) is 46.9 Å². The molecule has 27 heavy (non-hydrogen) atoms. The molecular formula is C20H20N4O3. The minimum Gasteiger partial charge on any atom is -0.353 e. The highest BCUT2D eigenvalue weighted by atomic mass is 16.6. The maximum Gasteiger partial charge on any atom is 0.276 e. The van der Waals surface area contributed by atoms with Gasteiger partial charge in [0.15, 0.2) is 0 Å². The maximum atomic E-state index is 12.3. The molecule has 0 atom stereocenters. The van der Waals surface area contributed by atoms with Crippen molar-refractivity contribution in [3.05, 3.63) is 82.6 Å². The number of rotatable bonds is 5. The van der Waals surface area contributed by atoms with Crippen LogP contribution in [0.3, 0.4) is 0 Å². The topological polar surface area (TPSA) is 79.6 Å². The number of anilines is 1. The Morgan fingerprint density at radius 2 is 1.78 bits per heavy atom. The van der Waals surface area contributed by atoms with Crippen molar-refractivity contribution in [3.63, 3.8) is 0 Å². The lowest BCUT2D eigenvalue weighted by Gasteiger charge is -2.34. The molecule has 0 aliphatic carbocycles. The van der Waals surface area contributed by atoms with Crippen LogP contribution >= 0.6 is 0 Å². The quantitative estimate of drug-likeness (QED) is 0.353. The monoisotopic (exact) mass is 364 g/mol. The first-order valence-corrected chi connectivity index (χ1v) is 8.68. The number of carbonyl (C=O) groups is 1. The van der Waals surface area contributed by atoms with Crippen LogP contribution in [0.25, 0.3) is 6.08 Å². The molecular weight excluding hydrogens is 344 g/mol. The van der Waals surface area contributed by atoms with Gasteiger partial charge in [-0.15, -0.1) is 0 Å². The van der Waals surface area contributed by atoms with Gasteiger partial charge in [0.2, 0.25) is 5.91 Å². The number of nitro benzene ring substituents is 1. The lowest BCUT2D eigenvalue weighted by Crippen LogP contribution is -2.48. The molecule has 7 nitrogen and oxygen atoms in total. The van der Waals surface area contributed by atoms with Crippen molar-refractivity contribution in [2.24, 2.45) is 0 Å². The average molecular weight is 364 g/mol. The summed E-state index contributed by atoms with van der Waals surface area (Å²) in [6, 6.07) is 12.3. The van der Waals surface area contributed by atoms with Crippen LogP contribution < -0.4 is 4.90 Å². The van der Waals surface area contributed by atoms with E-state index in [4.69, 9.17) is 0 Å². The van der Waals surface area contributed by atoms with E-state index in [0.717, 1.165) is 18.9 Å². The fourth-order valence-electron chi connectivity index (χ4n) is 2.89. The summed E-state index contributed by atoms with van der Waals surface area (Å²) in [6.45, 7) is 2.74. The zero-order valence-electron chi connectivity index (χ0n) is 14.8. The number of pyridine rings is 1. The van der Waals surface area contributed by atoms with Crippen molar-refractivity contribution >= 4 is 23.5 Å². The molecule has 1 amide bonds. The van der Waals surface area contributed by atoms with E-state index in [1.165, 1.54) is 12.1 Å². The van der Waals surface area contributed by atoms with Gasteiger partial charge >= 0.3 is 0 Å². The van der Waals surface area contributed by atoms with Crippen molar-refractivity contribution in [3.8, 4) is 0 Å². The first kappa shape index (κ1) is 18.3. The minimum atomic E-state index is -0.421. The Balaban J connectivity index is 1.53. The number of nitro groups is 1. The molecule has 7 heteroatoms. The maximum absolute atomic E-state index is 12.3. The summed E-state index contributed by atoms with van der Waals surface area (Å²) in [5.74, 6) is 0.857. The Labute approximate surface area is 157 Å². The summed E-state index contributed by atoms with van der Waals surface area (Å²) in [5.41, 5.74) is 0.544. The predicted octanol–water partition coefficient (Wildman–Crippen LogP) is 2.91. The second kappa shape index (κ2) is 8.75. The summed E-state index contributed by atoms with van der Waals surface area (Å²) in [6.07, 6.45) is 8.14. The molecule has 1 aromatic heterocycles. The molecule has 138 valence electrons. The van der Waals surface area contributed by atoms with Gasteiger partial charge in [0.1, 0.15) is 5.82 Å². The second-order valence-electron chi connectivity index (χ2n) is 6.03. The van der Waals surface area contributed by atoms with Crippen LogP contribution in [0.15, 0.2) is 66.9 Å². The van der Waals surface area contributed by atoms with E-state index in [-0.39, 0.29) is 11.6 Å². The third-order valence-corrected chi connectivity index (χ3v) is 4.32. The van der Waals surface area contributed by atoms with Gasteiger partial charge in [0.05, 0.1) is 10.5 Å². The molecule has 0 unspecified atom stereocenters. The second-order valence-corrected chi connectivity index (χ2v) is 6.03. The molecule has 3 rings (SSSR count). The van der Waals surface area contributed by atoms with Gasteiger partial charge in [-0.05, 0) is 24.3 Å². The standard InChI is InChI=1S/C20H20N4O3/c25-20(11-4-2-8-17-7-1-3-9-18(17)24(26)27)23-15-13-22(14-16-23)19-10-5-6-12-21-19/h1-12H,13-16H2. The number of benzene rings is 1. The molecule has 1 aromatic carbocycles. The van der Waals surface area contributed by atoms with E-state index < -0.39 is 4.92 Å². The Kier molecular flexibility index (Phi) is 5.94. The number of hydrogen-bond acceptors (Lipinski definition) is 5. The van der Waals surface area contributed by atoms with Gasteiger partial charge in [0, 0.05) is 44.5 Å². The van der Waals surface area contributed by atoms with Crippen molar-refractivity contribution in [1.29, 1.82) is 0 Å². The van der Waals surface area contributed by atoms with Crippen molar-refractivity contribution in [1.82, 2.24) is 9.88 Å². The van der Waals surface area contributed by atoms with Gasteiger partial charge in [-0.2, -0.15) is 0 Å². The predicted molar refractivity (Wildman–Crippen MR) is 104 cm³/mol. The normalized spacial score (nSPS) is 14.8. The summed E-state index contributed by atoms with van der Waals surface area (Å²) in [7, 11) is 0. The number of para-hydroxylation sites is 1. The molecule has 2 heterocycles. The van der Waals surface area contributed by atoms with Crippen LogP contribution in [0.5, 0.6) is 0 Å². The van der Waals surface area contributed by atoms with Crippen molar-refractivity contribution < 1.29 is 9.72 Å². The van der Waals surface area contributed by atoms with Gasteiger partial charge < -0.3 is 9.80 Å². The van der Waals surface area contributed by atoms with Crippen LogP contribution in [0.1, 0.15) is 5.56 Å². The van der Waals surface area contributed by atoms with E-state index in [0.29, 0.717) is 18.7 Å². The highest BCUT2D eigenvalue weighted by molar-refractivity contribution is 5.88. The van der Waals surface area contributed by atoms with Gasteiger partial charge in [-0.25, -0.2) is 4.98 Å². The zero-order chi connectivity index (χ0) is 19.1. The summed E-state index contributed by atoms with van der Waals surface area (Å²) >= 11 is 0. The van der Waals surface area contributed by atoms with E-state index in [2.05, 4.69) is 9.88 Å². The molecule has 0 radical (unpaired) electrons. The Bertz CT molecular complexity index is 857. The molecule has 0 saturated carbocycles. The Morgan fingerprint density at radius 1 is 1.04 bits per heavy atom. The first-order valence-electron chi connectivity index (χ1n) is 8.68. The number of allylic oxidation sites excluding steroid dienone is 2. The smallest absolute Gasteiger partial charge is 0.276 e. The fourth-order valence-corrected chi connectivity index (χ4v) is 2.89. The number of nitrogens with zero attached hydrogens (tertiary/aromatic N) is 4. The van der Waals surface area contributed by atoms with E-state index >= 15 is 0 Å². The molecule has 1 fully saturated rings. The minimum absolute atomic E-state index is 0.0409. The van der Waals surface area contributed by atoms with Crippen molar-refractivity contribution in [2.75, 3.05) is 31.1 Å². The third kappa shape index (κ3) is 4.78. The molecule has 0 bridgehead atoms. The summed E-state index contributed by atoms with van der Waals surface area (Å²) < 4.78 is 0. The highest BCUT2D eigenvalue weighted by Gasteiger charge is 2.20. The van der Waals surface area contributed by atoms with Gasteiger partial charge in [-0.3, -0.25) is 14.9 Å². The van der Waals surface area contributed by atoms with Gasteiger partial charge in [0.25, 0.3) is 5.69 Å². The van der Waals surface area contributed by atoms with Crippen LogP contribution in [0, 0.1) is 10.1 Å². The number of aromatic nitrogens is 1. The number of piperazine rings is 1. The summed E-state index contributed by atoms with van der Waals surface area (Å²) in [4.78, 5) is 31.1. The number of carbonyl (C=O) groups excluding carboxylic acids is 1. The average Bonchev–Trinajstić information content (AvgIpc) is 2.72. The molecule has 2 aromatic rings. The number of hydrogen-bond donors (Lipinski definition) is 0. The van der Waals surface area contributed by atoms with E-state index in [9.17, 15) is 14.9 Å². The fraction of sp³-hybridized carbons (Fsp3) is 0.200. The molecule has 1 aliphatic heterocycles. The van der Waals surface area contributed by atoms with E-state index in [1.807, 2.05) is 18.2 Å². The highest BCUT2D eigenvalue weighted by Crippen LogP contribution is 2.19.